The second-order valence-electron chi connectivity index (χ2n) is 2.87. The lowest BCUT2D eigenvalue weighted by Crippen LogP contribution is -1.86. The topological polar surface area (TPSA) is 67.1 Å². The Bertz CT molecular complexity index is 414. The maximum Gasteiger partial charge on any atom is 0.0924 e. The van der Waals surface area contributed by atoms with Crippen molar-refractivity contribution in [2.45, 2.75) is 0 Å². The third-order valence-electron chi connectivity index (χ3n) is 1.94. The van der Waals surface area contributed by atoms with E-state index < -0.39 is 0 Å². The number of hydrogen-bond acceptors (Lipinski definition) is 3. The molecule has 70 valence electrons. The van der Waals surface area contributed by atoms with Gasteiger partial charge < -0.3 is 10.8 Å². The summed E-state index contributed by atoms with van der Waals surface area (Å²) in [4.78, 5) is 6.99. The Morgan fingerprint density at radius 1 is 1.29 bits per heavy atom. The molecule has 0 saturated carbocycles. The van der Waals surface area contributed by atoms with Crippen LogP contribution in [0.15, 0.2) is 41.9 Å². The third-order valence-corrected chi connectivity index (χ3v) is 1.94. The first-order valence-electron chi connectivity index (χ1n) is 4.22. The van der Waals surface area contributed by atoms with Crippen LogP contribution in [-0.2, 0) is 0 Å². The molecule has 0 aliphatic carbocycles. The summed E-state index contributed by atoms with van der Waals surface area (Å²) in [6.07, 6.45) is 5.05. The minimum atomic E-state index is 0.982. The van der Waals surface area contributed by atoms with Gasteiger partial charge in [0.2, 0.25) is 0 Å². The molecule has 1 aromatic carbocycles. The van der Waals surface area contributed by atoms with Gasteiger partial charge in [0, 0.05) is 0 Å². The molecule has 0 saturated heterocycles. The van der Waals surface area contributed by atoms with Crippen molar-refractivity contribution in [2.75, 3.05) is 0 Å². The number of benzene rings is 1. The van der Waals surface area contributed by atoms with E-state index in [0.717, 1.165) is 16.8 Å². The number of aromatic amines is 1. The van der Waals surface area contributed by atoms with E-state index >= 15 is 0 Å². The molecular formula is C10H10N4. The Labute approximate surface area is 81.5 Å². The van der Waals surface area contributed by atoms with Gasteiger partial charge in [-0.25, -0.2) is 4.98 Å². The van der Waals surface area contributed by atoms with Crippen molar-refractivity contribution < 1.29 is 0 Å². The van der Waals surface area contributed by atoms with Gasteiger partial charge in [-0.3, -0.25) is 0 Å². The number of nitrogens with zero attached hydrogens (tertiary/aromatic N) is 2. The van der Waals surface area contributed by atoms with Crippen LogP contribution < -0.4 is 5.84 Å². The molecule has 0 bridgehead atoms. The van der Waals surface area contributed by atoms with Crippen LogP contribution in [0.3, 0.4) is 0 Å². The number of rotatable bonds is 2. The smallest absolute Gasteiger partial charge is 0.0924 e. The van der Waals surface area contributed by atoms with E-state index in [2.05, 4.69) is 15.1 Å². The Hall–Kier alpha value is -2.10. The fourth-order valence-corrected chi connectivity index (χ4v) is 1.25. The fraction of sp³-hybridized carbons (Fsp3) is 0. The summed E-state index contributed by atoms with van der Waals surface area (Å²) in [5, 5.41) is 3.45. The largest absolute Gasteiger partial charge is 0.345 e. The number of aromatic nitrogens is 2. The summed E-state index contributed by atoms with van der Waals surface area (Å²) in [7, 11) is 0. The average Bonchev–Trinajstić information content (AvgIpc) is 2.72. The first-order chi connectivity index (χ1) is 6.90. The molecular weight excluding hydrogens is 176 g/mol. The van der Waals surface area contributed by atoms with Gasteiger partial charge in [-0.2, -0.15) is 5.10 Å². The molecule has 2 rings (SSSR count). The maximum absolute atomic E-state index is 5.05. The Morgan fingerprint density at radius 2 is 2.07 bits per heavy atom. The highest BCUT2D eigenvalue weighted by molar-refractivity contribution is 5.80. The van der Waals surface area contributed by atoms with Crippen molar-refractivity contribution in [2.24, 2.45) is 10.9 Å². The normalized spacial score (nSPS) is 10.9. The van der Waals surface area contributed by atoms with Crippen LogP contribution in [0.25, 0.3) is 11.3 Å². The first kappa shape index (κ1) is 8.50. The van der Waals surface area contributed by atoms with Crippen LogP contribution >= 0.6 is 0 Å². The lowest BCUT2D eigenvalue weighted by Gasteiger charge is -1.97. The Morgan fingerprint density at radius 3 is 2.64 bits per heavy atom. The van der Waals surface area contributed by atoms with E-state index in [1.165, 1.54) is 0 Å². The Kier molecular flexibility index (Phi) is 2.27. The molecule has 1 heterocycles. The molecule has 0 fully saturated rings. The summed E-state index contributed by atoms with van der Waals surface area (Å²) in [5.41, 5.74) is 3.08. The van der Waals surface area contributed by atoms with Gasteiger partial charge in [-0.05, 0) is 11.1 Å². The fourth-order valence-electron chi connectivity index (χ4n) is 1.25. The molecule has 14 heavy (non-hydrogen) atoms. The molecule has 2 aromatic rings. The van der Waals surface area contributed by atoms with E-state index in [1.54, 1.807) is 18.7 Å². The maximum atomic E-state index is 5.05. The third kappa shape index (κ3) is 1.64. The summed E-state index contributed by atoms with van der Waals surface area (Å²) >= 11 is 0. The zero-order valence-electron chi connectivity index (χ0n) is 7.51. The predicted molar refractivity (Wildman–Crippen MR) is 55.8 cm³/mol. The molecule has 0 radical (unpaired) electrons. The predicted octanol–water partition coefficient (Wildman–Crippen LogP) is 1.37. The van der Waals surface area contributed by atoms with Crippen LogP contribution in [-0.4, -0.2) is 16.2 Å². The monoisotopic (exact) mass is 186 g/mol. The summed E-state index contributed by atoms with van der Waals surface area (Å²) < 4.78 is 0. The highest BCUT2D eigenvalue weighted by Crippen LogP contribution is 2.15. The van der Waals surface area contributed by atoms with Crippen molar-refractivity contribution >= 4 is 6.21 Å². The van der Waals surface area contributed by atoms with Crippen molar-refractivity contribution in [1.29, 1.82) is 0 Å². The molecule has 3 N–H and O–H groups in total. The SMILES string of the molecule is NN=Cc1ccc(-c2cnc[nH]2)cc1. The number of imidazole rings is 1. The van der Waals surface area contributed by atoms with Gasteiger partial charge in [-0.1, -0.05) is 24.3 Å². The van der Waals surface area contributed by atoms with E-state index in [1.807, 2.05) is 24.3 Å². The van der Waals surface area contributed by atoms with Gasteiger partial charge in [0.15, 0.2) is 0 Å². The number of nitrogens with two attached hydrogens (primary N) is 1. The van der Waals surface area contributed by atoms with Gasteiger partial charge >= 0.3 is 0 Å². The lowest BCUT2D eigenvalue weighted by molar-refractivity contribution is 1.26. The van der Waals surface area contributed by atoms with Gasteiger partial charge in [0.05, 0.1) is 24.4 Å². The summed E-state index contributed by atoms with van der Waals surface area (Å²) in [5.74, 6) is 5.05. The standard InChI is InChI=1S/C10H10N4/c11-14-5-8-1-3-9(4-2-8)10-6-12-7-13-10/h1-7H,11H2,(H,12,13). The minimum absolute atomic E-state index is 0.982. The first-order valence-corrected chi connectivity index (χ1v) is 4.22. The molecule has 4 nitrogen and oxygen atoms in total. The number of H-pyrrole nitrogens is 1. The second kappa shape index (κ2) is 3.74. The van der Waals surface area contributed by atoms with Crippen LogP contribution in [0.1, 0.15) is 5.56 Å². The number of hydrogen-bond donors (Lipinski definition) is 2. The van der Waals surface area contributed by atoms with Crippen LogP contribution in [0.2, 0.25) is 0 Å². The van der Waals surface area contributed by atoms with Crippen LogP contribution in [0.5, 0.6) is 0 Å². The summed E-state index contributed by atoms with van der Waals surface area (Å²) in [6, 6.07) is 7.88. The molecule has 1 aromatic heterocycles. The Balaban J connectivity index is 2.31. The van der Waals surface area contributed by atoms with Crippen LogP contribution in [0.4, 0.5) is 0 Å². The molecule has 0 amide bonds. The highest BCUT2D eigenvalue weighted by Gasteiger charge is 1.97. The molecule has 0 aliphatic rings. The van der Waals surface area contributed by atoms with Gasteiger partial charge in [0.1, 0.15) is 0 Å². The molecule has 0 unspecified atom stereocenters. The van der Waals surface area contributed by atoms with E-state index in [0.29, 0.717) is 0 Å². The minimum Gasteiger partial charge on any atom is -0.345 e. The van der Waals surface area contributed by atoms with Crippen molar-refractivity contribution in [3.63, 3.8) is 0 Å². The van der Waals surface area contributed by atoms with Crippen molar-refractivity contribution in [3.05, 3.63) is 42.4 Å². The highest BCUT2D eigenvalue weighted by atomic mass is 15.1. The van der Waals surface area contributed by atoms with E-state index in [-0.39, 0.29) is 0 Å². The van der Waals surface area contributed by atoms with Gasteiger partial charge in [0.25, 0.3) is 0 Å². The molecule has 0 aliphatic heterocycles. The van der Waals surface area contributed by atoms with E-state index in [9.17, 15) is 0 Å². The van der Waals surface area contributed by atoms with Gasteiger partial charge in [-0.15, -0.1) is 0 Å². The zero-order valence-corrected chi connectivity index (χ0v) is 7.51. The zero-order chi connectivity index (χ0) is 9.80. The molecule has 4 heteroatoms. The molecule has 0 atom stereocenters. The van der Waals surface area contributed by atoms with Crippen molar-refractivity contribution in [1.82, 2.24) is 9.97 Å². The van der Waals surface area contributed by atoms with E-state index in [4.69, 9.17) is 5.84 Å². The lowest BCUT2D eigenvalue weighted by atomic mass is 10.1. The average molecular weight is 186 g/mol. The van der Waals surface area contributed by atoms with Crippen LogP contribution in [0, 0.1) is 0 Å². The molecule has 0 spiro atoms. The van der Waals surface area contributed by atoms with Crippen molar-refractivity contribution in [3.8, 4) is 11.3 Å². The second-order valence-corrected chi connectivity index (χ2v) is 2.87. The number of nitrogens with one attached hydrogen (secondary N) is 1. The quantitative estimate of drug-likeness (QED) is 0.422. The number of hydrazone groups is 1. The summed E-state index contributed by atoms with van der Waals surface area (Å²) in [6.45, 7) is 0.